The van der Waals surface area contributed by atoms with Crippen LogP contribution in [0.3, 0.4) is 0 Å². The van der Waals surface area contributed by atoms with E-state index < -0.39 is 0 Å². The monoisotopic (exact) mass is 418 g/mol. The standard InChI is InChI=1S/C18H12ClFN4OS2/c19-14-7-12(2-4-16(14)27-18-24-22-9-26-18)23-17(25)5-10-8-21-15-6-11(20)1-3-13(10)15/h1-4,6-9,21H,5H2,(H,23,25). The number of aromatic amines is 1. The van der Waals surface area contributed by atoms with Crippen molar-refractivity contribution in [2.45, 2.75) is 15.7 Å². The number of nitrogens with zero attached hydrogens (tertiary/aromatic N) is 2. The van der Waals surface area contributed by atoms with E-state index in [0.717, 1.165) is 20.2 Å². The average molecular weight is 419 g/mol. The van der Waals surface area contributed by atoms with Crippen molar-refractivity contribution >= 4 is 57.2 Å². The molecule has 0 aliphatic heterocycles. The number of H-pyrrole nitrogens is 1. The fourth-order valence-electron chi connectivity index (χ4n) is 2.65. The molecule has 0 aliphatic carbocycles. The van der Waals surface area contributed by atoms with Gasteiger partial charge in [0.05, 0.1) is 11.4 Å². The third-order valence-corrected chi connectivity index (χ3v) is 6.11. The van der Waals surface area contributed by atoms with Gasteiger partial charge in [0.25, 0.3) is 0 Å². The Labute approximate surface area is 167 Å². The quantitative estimate of drug-likeness (QED) is 0.470. The minimum Gasteiger partial charge on any atom is -0.361 e. The molecule has 2 aromatic heterocycles. The molecule has 0 radical (unpaired) electrons. The molecule has 0 bridgehead atoms. The Bertz CT molecular complexity index is 1110. The maximum absolute atomic E-state index is 13.3. The van der Waals surface area contributed by atoms with Gasteiger partial charge in [0.15, 0.2) is 4.34 Å². The maximum atomic E-state index is 13.3. The largest absolute Gasteiger partial charge is 0.361 e. The molecule has 4 rings (SSSR count). The molecule has 1 amide bonds. The molecule has 27 heavy (non-hydrogen) atoms. The van der Waals surface area contributed by atoms with Crippen molar-refractivity contribution < 1.29 is 9.18 Å². The van der Waals surface area contributed by atoms with E-state index in [0.29, 0.717) is 16.2 Å². The number of carbonyl (C=O) groups is 1. The highest BCUT2D eigenvalue weighted by molar-refractivity contribution is 8.01. The summed E-state index contributed by atoms with van der Waals surface area (Å²) in [7, 11) is 0. The summed E-state index contributed by atoms with van der Waals surface area (Å²) in [6, 6.07) is 9.78. The lowest BCUT2D eigenvalue weighted by Gasteiger charge is -2.08. The number of anilines is 1. The van der Waals surface area contributed by atoms with Gasteiger partial charge < -0.3 is 10.3 Å². The first-order valence-corrected chi connectivity index (χ1v) is 9.95. The molecule has 0 saturated carbocycles. The second-order valence-electron chi connectivity index (χ2n) is 5.68. The minimum atomic E-state index is -0.318. The number of halogens is 2. The van der Waals surface area contributed by atoms with Crippen molar-refractivity contribution in [2.75, 3.05) is 5.32 Å². The Morgan fingerprint density at radius 1 is 1.30 bits per heavy atom. The van der Waals surface area contributed by atoms with Crippen LogP contribution < -0.4 is 5.32 Å². The third kappa shape index (κ3) is 4.13. The van der Waals surface area contributed by atoms with Crippen LogP contribution in [0.25, 0.3) is 10.9 Å². The van der Waals surface area contributed by atoms with Crippen molar-refractivity contribution in [2.24, 2.45) is 0 Å². The van der Waals surface area contributed by atoms with E-state index in [4.69, 9.17) is 11.6 Å². The number of hydrogen-bond acceptors (Lipinski definition) is 5. The first kappa shape index (κ1) is 18.0. The van der Waals surface area contributed by atoms with Crippen LogP contribution in [0.5, 0.6) is 0 Å². The van der Waals surface area contributed by atoms with E-state index in [9.17, 15) is 9.18 Å². The predicted molar refractivity (Wildman–Crippen MR) is 106 cm³/mol. The number of fused-ring (bicyclic) bond motifs is 1. The molecule has 2 heterocycles. The number of aromatic nitrogens is 3. The smallest absolute Gasteiger partial charge is 0.228 e. The first-order chi connectivity index (χ1) is 13.1. The van der Waals surface area contributed by atoms with Crippen LogP contribution >= 0.6 is 34.7 Å². The summed E-state index contributed by atoms with van der Waals surface area (Å²) < 4.78 is 14.1. The summed E-state index contributed by atoms with van der Waals surface area (Å²) in [5.74, 6) is -0.498. The summed E-state index contributed by atoms with van der Waals surface area (Å²) in [6.07, 6.45) is 1.89. The molecule has 9 heteroatoms. The average Bonchev–Trinajstić information content (AvgIpc) is 3.27. The van der Waals surface area contributed by atoms with Crippen LogP contribution in [0.2, 0.25) is 5.02 Å². The fraction of sp³-hybridized carbons (Fsp3) is 0.0556. The molecule has 0 aliphatic rings. The number of benzene rings is 2. The van der Waals surface area contributed by atoms with Crippen LogP contribution in [0, 0.1) is 5.82 Å². The molecule has 2 aromatic carbocycles. The van der Waals surface area contributed by atoms with E-state index in [1.807, 2.05) is 6.07 Å². The van der Waals surface area contributed by atoms with Gasteiger partial charge in [0.2, 0.25) is 5.91 Å². The Balaban J connectivity index is 1.45. The van der Waals surface area contributed by atoms with E-state index in [1.54, 1.807) is 29.9 Å². The van der Waals surface area contributed by atoms with E-state index in [2.05, 4.69) is 20.5 Å². The Morgan fingerprint density at radius 3 is 2.96 bits per heavy atom. The van der Waals surface area contributed by atoms with Crippen LogP contribution in [0.15, 0.2) is 57.3 Å². The molecule has 0 fully saturated rings. The number of carbonyl (C=O) groups excluding carboxylic acids is 1. The van der Waals surface area contributed by atoms with Crippen molar-refractivity contribution in [3.63, 3.8) is 0 Å². The maximum Gasteiger partial charge on any atom is 0.228 e. The van der Waals surface area contributed by atoms with Gasteiger partial charge in [-0.05, 0) is 42.0 Å². The second-order valence-corrected chi connectivity index (χ2v) is 8.21. The van der Waals surface area contributed by atoms with Crippen LogP contribution in [0.1, 0.15) is 5.56 Å². The second kappa shape index (κ2) is 7.67. The molecule has 4 aromatic rings. The van der Waals surface area contributed by atoms with Crippen molar-refractivity contribution in [3.05, 3.63) is 64.5 Å². The lowest BCUT2D eigenvalue weighted by Crippen LogP contribution is -2.14. The zero-order valence-electron chi connectivity index (χ0n) is 13.7. The van der Waals surface area contributed by atoms with Gasteiger partial charge in [-0.25, -0.2) is 4.39 Å². The summed E-state index contributed by atoms with van der Waals surface area (Å²) in [6.45, 7) is 0. The molecular weight excluding hydrogens is 407 g/mol. The highest BCUT2D eigenvalue weighted by atomic mass is 35.5. The van der Waals surface area contributed by atoms with Crippen molar-refractivity contribution in [1.82, 2.24) is 15.2 Å². The SMILES string of the molecule is O=C(Cc1c[nH]c2cc(F)ccc12)Nc1ccc(Sc2nncs2)c(Cl)c1. The fourth-order valence-corrected chi connectivity index (χ4v) is 4.38. The van der Waals surface area contributed by atoms with Crippen LogP contribution in [0.4, 0.5) is 10.1 Å². The molecule has 0 saturated heterocycles. The topological polar surface area (TPSA) is 70.7 Å². The predicted octanol–water partition coefficient (Wildman–Crippen LogP) is 5.14. The van der Waals surface area contributed by atoms with Gasteiger partial charge in [0, 0.05) is 27.7 Å². The first-order valence-electron chi connectivity index (χ1n) is 7.87. The number of amides is 1. The van der Waals surface area contributed by atoms with Crippen LogP contribution in [-0.4, -0.2) is 21.1 Å². The van der Waals surface area contributed by atoms with Gasteiger partial charge in [-0.3, -0.25) is 4.79 Å². The van der Waals surface area contributed by atoms with Gasteiger partial charge in [-0.2, -0.15) is 0 Å². The molecule has 2 N–H and O–H groups in total. The lowest BCUT2D eigenvalue weighted by molar-refractivity contribution is -0.115. The summed E-state index contributed by atoms with van der Waals surface area (Å²) in [5.41, 5.74) is 3.73. The molecular formula is C18H12ClFN4OS2. The van der Waals surface area contributed by atoms with E-state index >= 15 is 0 Å². The Morgan fingerprint density at radius 2 is 2.19 bits per heavy atom. The Kier molecular flexibility index (Phi) is 5.11. The zero-order chi connectivity index (χ0) is 18.8. The van der Waals surface area contributed by atoms with Crippen molar-refractivity contribution in [3.8, 4) is 0 Å². The highest BCUT2D eigenvalue weighted by Crippen LogP contribution is 2.35. The molecule has 136 valence electrons. The van der Waals surface area contributed by atoms with E-state index in [-0.39, 0.29) is 18.1 Å². The summed E-state index contributed by atoms with van der Waals surface area (Å²) >= 11 is 9.16. The number of hydrogen-bond donors (Lipinski definition) is 2. The lowest BCUT2D eigenvalue weighted by atomic mass is 10.1. The molecule has 0 spiro atoms. The molecule has 0 atom stereocenters. The van der Waals surface area contributed by atoms with Gasteiger partial charge in [0.1, 0.15) is 11.3 Å². The normalized spacial score (nSPS) is 11.0. The number of rotatable bonds is 5. The van der Waals surface area contributed by atoms with Crippen LogP contribution in [-0.2, 0) is 11.2 Å². The zero-order valence-corrected chi connectivity index (χ0v) is 16.1. The van der Waals surface area contributed by atoms with Crippen molar-refractivity contribution in [1.29, 1.82) is 0 Å². The molecule has 0 unspecified atom stereocenters. The number of nitrogens with one attached hydrogen (secondary N) is 2. The minimum absolute atomic E-state index is 0.171. The van der Waals surface area contributed by atoms with E-state index in [1.165, 1.54) is 35.2 Å². The van der Waals surface area contributed by atoms with Gasteiger partial charge in [-0.1, -0.05) is 34.7 Å². The highest BCUT2D eigenvalue weighted by Gasteiger charge is 2.11. The summed E-state index contributed by atoms with van der Waals surface area (Å²) in [4.78, 5) is 16.2. The van der Waals surface area contributed by atoms with Gasteiger partial charge in [-0.15, -0.1) is 10.2 Å². The molecule has 5 nitrogen and oxygen atoms in total. The summed E-state index contributed by atoms with van der Waals surface area (Å²) in [5, 5.41) is 12.0. The van der Waals surface area contributed by atoms with Gasteiger partial charge >= 0.3 is 0 Å². The third-order valence-electron chi connectivity index (χ3n) is 3.83. The Hall–Kier alpha value is -2.42.